The van der Waals surface area contributed by atoms with E-state index in [0.717, 1.165) is 19.3 Å². The van der Waals surface area contributed by atoms with Crippen LogP contribution in [0.1, 0.15) is 43.2 Å². The lowest BCUT2D eigenvalue weighted by Crippen LogP contribution is -2.16. The highest BCUT2D eigenvalue weighted by atomic mass is 16.1. The van der Waals surface area contributed by atoms with Gasteiger partial charge in [0.25, 0.3) is 0 Å². The van der Waals surface area contributed by atoms with Gasteiger partial charge in [0.05, 0.1) is 0 Å². The van der Waals surface area contributed by atoms with E-state index in [0.29, 0.717) is 11.7 Å². The van der Waals surface area contributed by atoms with Gasteiger partial charge in [-0.1, -0.05) is 49.1 Å². The molecule has 0 radical (unpaired) electrons. The lowest BCUT2D eigenvalue weighted by atomic mass is 9.81. The summed E-state index contributed by atoms with van der Waals surface area (Å²) in [6.07, 6.45) is 6.33. The number of ketones is 1. The van der Waals surface area contributed by atoms with Crippen molar-refractivity contribution in [2.45, 2.75) is 45.4 Å². The van der Waals surface area contributed by atoms with Crippen LogP contribution in [0.4, 0.5) is 0 Å². The number of rotatable bonds is 5. The molecule has 0 N–H and O–H groups in total. The standard InChI is InChI=1S/C15H20O/c1-12-5-7-13(8-6-12)9-10-15(16)11-14-3-2-4-14/h5-8,14H,2-4,9-11H2,1H3. The molecule has 0 bridgehead atoms. The van der Waals surface area contributed by atoms with Crippen molar-refractivity contribution in [2.75, 3.05) is 0 Å². The van der Waals surface area contributed by atoms with E-state index in [9.17, 15) is 4.79 Å². The van der Waals surface area contributed by atoms with Gasteiger partial charge in [-0.05, 0) is 24.8 Å². The second-order valence-electron chi connectivity index (χ2n) is 5.03. The maximum absolute atomic E-state index is 11.7. The minimum absolute atomic E-state index is 0.449. The van der Waals surface area contributed by atoms with Crippen LogP contribution in [0, 0.1) is 12.8 Å². The van der Waals surface area contributed by atoms with Gasteiger partial charge in [-0.25, -0.2) is 0 Å². The van der Waals surface area contributed by atoms with E-state index in [2.05, 4.69) is 31.2 Å². The Hall–Kier alpha value is -1.11. The lowest BCUT2D eigenvalue weighted by Gasteiger charge is -2.24. The first-order valence-corrected chi connectivity index (χ1v) is 6.31. The third kappa shape index (κ3) is 3.19. The van der Waals surface area contributed by atoms with Gasteiger partial charge >= 0.3 is 0 Å². The van der Waals surface area contributed by atoms with Gasteiger partial charge in [0, 0.05) is 12.8 Å². The van der Waals surface area contributed by atoms with Crippen molar-refractivity contribution in [3.63, 3.8) is 0 Å². The predicted molar refractivity (Wildman–Crippen MR) is 66.5 cm³/mol. The van der Waals surface area contributed by atoms with E-state index in [1.807, 2.05) is 0 Å². The molecule has 1 aromatic rings. The SMILES string of the molecule is Cc1ccc(CCC(=O)CC2CCC2)cc1. The molecule has 1 heteroatoms. The molecule has 2 rings (SSSR count). The number of hydrogen-bond acceptors (Lipinski definition) is 1. The van der Waals surface area contributed by atoms with E-state index in [4.69, 9.17) is 0 Å². The number of benzene rings is 1. The first-order valence-electron chi connectivity index (χ1n) is 6.31. The molecular weight excluding hydrogens is 196 g/mol. The second-order valence-corrected chi connectivity index (χ2v) is 5.03. The number of aryl methyl sites for hydroxylation is 2. The molecular formula is C15H20O. The van der Waals surface area contributed by atoms with Crippen molar-refractivity contribution >= 4 is 5.78 Å². The van der Waals surface area contributed by atoms with Gasteiger partial charge in [-0.15, -0.1) is 0 Å². The Morgan fingerprint density at radius 2 is 1.94 bits per heavy atom. The Labute approximate surface area is 97.9 Å². The Balaban J connectivity index is 1.73. The summed E-state index contributed by atoms with van der Waals surface area (Å²) in [5.41, 5.74) is 2.57. The molecule has 1 aromatic carbocycles. The first kappa shape index (κ1) is 11.4. The number of carbonyl (C=O) groups is 1. The zero-order valence-corrected chi connectivity index (χ0v) is 10.0. The van der Waals surface area contributed by atoms with Gasteiger partial charge in [0.15, 0.2) is 0 Å². The van der Waals surface area contributed by atoms with Crippen LogP contribution in [-0.2, 0) is 11.2 Å². The van der Waals surface area contributed by atoms with Crippen LogP contribution in [-0.4, -0.2) is 5.78 Å². The van der Waals surface area contributed by atoms with Gasteiger partial charge in [0.2, 0.25) is 0 Å². The highest BCUT2D eigenvalue weighted by Gasteiger charge is 2.20. The lowest BCUT2D eigenvalue weighted by molar-refractivity contribution is -0.120. The van der Waals surface area contributed by atoms with Crippen molar-refractivity contribution < 1.29 is 4.79 Å². The highest BCUT2D eigenvalue weighted by Crippen LogP contribution is 2.29. The smallest absolute Gasteiger partial charge is 0.133 e. The summed E-state index contributed by atoms with van der Waals surface area (Å²) in [7, 11) is 0. The summed E-state index contributed by atoms with van der Waals surface area (Å²) < 4.78 is 0. The van der Waals surface area contributed by atoms with Gasteiger partial charge in [-0.3, -0.25) is 4.79 Å². The fourth-order valence-electron chi connectivity index (χ4n) is 2.16. The second kappa shape index (κ2) is 5.29. The number of Topliss-reactive ketones (excluding diaryl/α,β-unsaturated/α-hetero) is 1. The van der Waals surface area contributed by atoms with E-state index in [1.165, 1.54) is 30.4 Å². The summed E-state index contributed by atoms with van der Waals surface area (Å²) in [5, 5.41) is 0. The Kier molecular flexibility index (Phi) is 3.76. The van der Waals surface area contributed by atoms with E-state index >= 15 is 0 Å². The van der Waals surface area contributed by atoms with Crippen LogP contribution in [0.2, 0.25) is 0 Å². The molecule has 0 amide bonds. The van der Waals surface area contributed by atoms with Crippen molar-refractivity contribution in [2.24, 2.45) is 5.92 Å². The summed E-state index contributed by atoms with van der Waals surface area (Å²) >= 11 is 0. The Morgan fingerprint density at radius 1 is 1.25 bits per heavy atom. The molecule has 1 fully saturated rings. The van der Waals surface area contributed by atoms with E-state index in [-0.39, 0.29) is 0 Å². The number of hydrogen-bond donors (Lipinski definition) is 0. The van der Waals surface area contributed by atoms with Crippen LogP contribution in [0.15, 0.2) is 24.3 Å². The quantitative estimate of drug-likeness (QED) is 0.733. The van der Waals surface area contributed by atoms with Crippen molar-refractivity contribution in [1.82, 2.24) is 0 Å². The van der Waals surface area contributed by atoms with Crippen LogP contribution >= 0.6 is 0 Å². The maximum atomic E-state index is 11.7. The van der Waals surface area contributed by atoms with Crippen molar-refractivity contribution in [3.05, 3.63) is 35.4 Å². The molecule has 0 saturated heterocycles. The van der Waals surface area contributed by atoms with Crippen LogP contribution in [0.5, 0.6) is 0 Å². The number of carbonyl (C=O) groups excluding carboxylic acids is 1. The maximum Gasteiger partial charge on any atom is 0.133 e. The normalized spacial score (nSPS) is 15.8. The third-order valence-electron chi connectivity index (χ3n) is 3.55. The van der Waals surface area contributed by atoms with Crippen LogP contribution in [0.25, 0.3) is 0 Å². The molecule has 0 unspecified atom stereocenters. The molecule has 0 heterocycles. The average Bonchev–Trinajstić information content (AvgIpc) is 2.23. The van der Waals surface area contributed by atoms with Crippen molar-refractivity contribution in [3.8, 4) is 0 Å². The molecule has 1 saturated carbocycles. The largest absolute Gasteiger partial charge is 0.300 e. The molecule has 16 heavy (non-hydrogen) atoms. The molecule has 0 atom stereocenters. The molecule has 0 aliphatic heterocycles. The van der Waals surface area contributed by atoms with E-state index < -0.39 is 0 Å². The summed E-state index contributed by atoms with van der Waals surface area (Å²) in [6.45, 7) is 2.09. The minimum Gasteiger partial charge on any atom is -0.300 e. The monoisotopic (exact) mass is 216 g/mol. The zero-order chi connectivity index (χ0) is 11.4. The fraction of sp³-hybridized carbons (Fsp3) is 0.533. The van der Waals surface area contributed by atoms with Crippen LogP contribution < -0.4 is 0 Å². The summed E-state index contributed by atoms with van der Waals surface area (Å²) in [5.74, 6) is 1.16. The molecule has 0 spiro atoms. The predicted octanol–water partition coefficient (Wildman–Crippen LogP) is 3.69. The summed E-state index contributed by atoms with van der Waals surface area (Å²) in [6, 6.07) is 8.50. The third-order valence-corrected chi connectivity index (χ3v) is 3.55. The Morgan fingerprint density at radius 3 is 2.50 bits per heavy atom. The van der Waals surface area contributed by atoms with Crippen molar-refractivity contribution in [1.29, 1.82) is 0 Å². The molecule has 1 nitrogen and oxygen atoms in total. The van der Waals surface area contributed by atoms with Gasteiger partial charge < -0.3 is 0 Å². The van der Waals surface area contributed by atoms with Gasteiger partial charge in [-0.2, -0.15) is 0 Å². The van der Waals surface area contributed by atoms with Gasteiger partial charge in [0.1, 0.15) is 5.78 Å². The Bertz CT molecular complexity index is 346. The zero-order valence-electron chi connectivity index (χ0n) is 10.0. The molecule has 1 aliphatic rings. The van der Waals surface area contributed by atoms with E-state index in [1.54, 1.807) is 0 Å². The fourth-order valence-corrected chi connectivity index (χ4v) is 2.16. The molecule has 0 aromatic heterocycles. The summed E-state index contributed by atoms with van der Waals surface area (Å²) in [4.78, 5) is 11.7. The highest BCUT2D eigenvalue weighted by molar-refractivity contribution is 5.78. The first-order chi connectivity index (χ1) is 7.74. The molecule has 86 valence electrons. The minimum atomic E-state index is 0.449. The van der Waals surface area contributed by atoms with Crippen LogP contribution in [0.3, 0.4) is 0 Å². The topological polar surface area (TPSA) is 17.1 Å². The molecule has 1 aliphatic carbocycles. The average molecular weight is 216 g/mol.